The Morgan fingerprint density at radius 3 is 1.80 bits per heavy atom. The summed E-state index contributed by atoms with van der Waals surface area (Å²) in [6.07, 6.45) is 2.42. The van der Waals surface area contributed by atoms with Gasteiger partial charge < -0.3 is 36.6 Å². The fourth-order valence-electron chi connectivity index (χ4n) is 4.36. The number of hydrogen-bond acceptors (Lipinski definition) is 8. The Morgan fingerprint density at radius 1 is 0.725 bits per heavy atom. The van der Waals surface area contributed by atoms with Crippen molar-refractivity contribution in [3.05, 3.63) is 0 Å². The molecule has 14 nitrogen and oxygen atoms in total. The number of carboxylic acids is 3. The molecule has 0 spiro atoms. The zero-order valence-electron chi connectivity index (χ0n) is 22.7. The molecule has 15 heteroatoms. The first-order valence-electron chi connectivity index (χ1n) is 13.2. The summed E-state index contributed by atoms with van der Waals surface area (Å²) in [6, 6.07) is -4.97. The molecule has 1 rings (SSSR count). The Bertz CT molecular complexity index is 939. The first-order valence-corrected chi connectivity index (χ1v) is 13.9. The van der Waals surface area contributed by atoms with Crippen LogP contribution in [-0.2, 0) is 33.6 Å². The topological polar surface area (TPSA) is 228 Å². The largest absolute Gasteiger partial charge is 0.481 e. The van der Waals surface area contributed by atoms with E-state index in [1.165, 1.54) is 0 Å². The van der Waals surface area contributed by atoms with E-state index < -0.39 is 84.5 Å². The van der Waals surface area contributed by atoms with E-state index in [2.05, 4.69) is 33.9 Å². The van der Waals surface area contributed by atoms with Gasteiger partial charge in [0.25, 0.3) is 0 Å². The quantitative estimate of drug-likeness (QED) is 0.105. The molecule has 0 aliphatic heterocycles. The second-order valence-corrected chi connectivity index (χ2v) is 10.5. The van der Waals surface area contributed by atoms with Gasteiger partial charge in [-0.25, -0.2) is 4.79 Å². The molecule has 0 bridgehead atoms. The van der Waals surface area contributed by atoms with Crippen molar-refractivity contribution in [3.8, 4) is 0 Å². The van der Waals surface area contributed by atoms with Crippen molar-refractivity contribution >= 4 is 54.2 Å². The maximum atomic E-state index is 13.4. The maximum absolute atomic E-state index is 13.4. The number of rotatable bonds is 17. The molecule has 0 unspecified atom stereocenters. The van der Waals surface area contributed by atoms with Crippen LogP contribution < -0.4 is 21.3 Å². The summed E-state index contributed by atoms with van der Waals surface area (Å²) < 4.78 is 0. The van der Waals surface area contributed by atoms with Crippen LogP contribution in [0.2, 0.25) is 0 Å². The van der Waals surface area contributed by atoms with Crippen LogP contribution >= 0.6 is 12.6 Å². The number of carboxylic acid groups (broad SMARTS) is 3. The molecule has 1 fully saturated rings. The highest BCUT2D eigenvalue weighted by atomic mass is 32.1. The number of hydrogen-bond donors (Lipinski definition) is 8. The van der Waals surface area contributed by atoms with Crippen LogP contribution in [-0.4, -0.2) is 86.8 Å². The summed E-state index contributed by atoms with van der Waals surface area (Å²) in [7, 11) is 0. The Balaban J connectivity index is 3.08. The van der Waals surface area contributed by atoms with Crippen molar-refractivity contribution in [1.82, 2.24) is 21.3 Å². The fraction of sp³-hybridized carbons (Fsp3) is 0.720. The molecular formula is C25H40N4O10S. The molecule has 4 atom stereocenters. The van der Waals surface area contributed by atoms with Crippen LogP contribution in [0.4, 0.5) is 0 Å². The van der Waals surface area contributed by atoms with Gasteiger partial charge in [-0.05, 0) is 31.1 Å². The summed E-state index contributed by atoms with van der Waals surface area (Å²) in [5.41, 5.74) is 0. The van der Waals surface area contributed by atoms with Crippen LogP contribution in [0.5, 0.6) is 0 Å². The normalized spacial score (nSPS) is 16.6. The van der Waals surface area contributed by atoms with Gasteiger partial charge in [0, 0.05) is 18.6 Å². The second-order valence-electron chi connectivity index (χ2n) is 10.1. The highest BCUT2D eigenvalue weighted by Crippen LogP contribution is 2.27. The average molecular weight is 589 g/mol. The Labute approximate surface area is 237 Å². The monoisotopic (exact) mass is 588 g/mol. The lowest BCUT2D eigenvalue weighted by Gasteiger charge is -2.32. The molecule has 0 aromatic carbocycles. The number of thiol groups is 1. The van der Waals surface area contributed by atoms with Crippen molar-refractivity contribution in [1.29, 1.82) is 0 Å². The van der Waals surface area contributed by atoms with Crippen LogP contribution in [0.15, 0.2) is 0 Å². The second kappa shape index (κ2) is 17.4. The molecule has 7 N–H and O–H groups in total. The standard InChI is InChI=1S/C25H40N4O10S/c1-13(2)20(23(36)26-15(8-10-18(31)32)22(35)27-16(12-40)25(38)39)29-24(37)21(14-6-4-3-5-7-14)28-17(30)9-11-19(33)34/h13-16,20-21,40H,3-12H2,1-2H3,(H,26,36)(H,27,35)(H,28,30)(H,29,37)(H,31,32)(H,33,34)(H,38,39)/t15-,16-,20-,21-/m0/s1. The molecule has 1 saturated carbocycles. The van der Waals surface area contributed by atoms with Gasteiger partial charge in [0.2, 0.25) is 23.6 Å². The van der Waals surface area contributed by atoms with Crippen molar-refractivity contribution < 1.29 is 48.9 Å². The van der Waals surface area contributed by atoms with E-state index in [1.807, 2.05) is 0 Å². The zero-order valence-corrected chi connectivity index (χ0v) is 23.6. The molecule has 0 saturated heterocycles. The van der Waals surface area contributed by atoms with Crippen LogP contribution in [0.1, 0.15) is 71.6 Å². The molecule has 40 heavy (non-hydrogen) atoms. The van der Waals surface area contributed by atoms with E-state index in [9.17, 15) is 38.7 Å². The zero-order chi connectivity index (χ0) is 30.4. The van der Waals surface area contributed by atoms with E-state index in [1.54, 1.807) is 13.8 Å². The van der Waals surface area contributed by atoms with Crippen molar-refractivity contribution in [2.24, 2.45) is 11.8 Å². The average Bonchev–Trinajstić information content (AvgIpc) is 2.89. The molecule has 0 aromatic heterocycles. The van der Waals surface area contributed by atoms with E-state index in [0.717, 1.165) is 19.3 Å². The first-order chi connectivity index (χ1) is 18.8. The van der Waals surface area contributed by atoms with E-state index in [4.69, 9.17) is 10.2 Å². The van der Waals surface area contributed by atoms with E-state index >= 15 is 0 Å². The number of carbonyl (C=O) groups excluding carboxylic acids is 4. The first kappa shape index (κ1) is 34.7. The lowest BCUT2D eigenvalue weighted by Crippen LogP contribution is -2.60. The minimum atomic E-state index is -1.41. The van der Waals surface area contributed by atoms with E-state index in [-0.39, 0.29) is 24.5 Å². The Hall–Kier alpha value is -3.36. The van der Waals surface area contributed by atoms with Crippen molar-refractivity contribution in [2.45, 2.75) is 95.8 Å². The van der Waals surface area contributed by atoms with Crippen LogP contribution in [0, 0.1) is 11.8 Å². The fourth-order valence-corrected chi connectivity index (χ4v) is 4.61. The molecule has 226 valence electrons. The summed E-state index contributed by atoms with van der Waals surface area (Å²) in [5, 5.41) is 37.0. The number of aliphatic carboxylic acids is 3. The lowest BCUT2D eigenvalue weighted by molar-refractivity contribution is -0.142. The summed E-state index contributed by atoms with van der Waals surface area (Å²) in [5.74, 6) is -7.69. The third-order valence-electron chi connectivity index (χ3n) is 6.61. The van der Waals surface area contributed by atoms with Crippen LogP contribution in [0.25, 0.3) is 0 Å². The maximum Gasteiger partial charge on any atom is 0.327 e. The third kappa shape index (κ3) is 12.2. The van der Waals surface area contributed by atoms with Gasteiger partial charge >= 0.3 is 17.9 Å². The van der Waals surface area contributed by atoms with Gasteiger partial charge in [0.05, 0.1) is 6.42 Å². The van der Waals surface area contributed by atoms with Gasteiger partial charge in [-0.15, -0.1) is 0 Å². The summed E-state index contributed by atoms with van der Waals surface area (Å²) >= 11 is 3.88. The summed E-state index contributed by atoms with van der Waals surface area (Å²) in [4.78, 5) is 85.0. The molecule has 0 heterocycles. The van der Waals surface area contributed by atoms with Gasteiger partial charge in [-0.3, -0.25) is 28.8 Å². The molecule has 1 aliphatic rings. The summed E-state index contributed by atoms with van der Waals surface area (Å²) in [6.45, 7) is 3.28. The number of nitrogens with one attached hydrogen (secondary N) is 4. The molecule has 1 aliphatic carbocycles. The van der Waals surface area contributed by atoms with Gasteiger partial charge in [0.15, 0.2) is 0 Å². The Kier molecular flexibility index (Phi) is 15.0. The molecular weight excluding hydrogens is 548 g/mol. The van der Waals surface area contributed by atoms with Crippen molar-refractivity contribution in [3.63, 3.8) is 0 Å². The number of carbonyl (C=O) groups is 7. The SMILES string of the molecule is CC(C)[C@H](NC(=O)[C@@H](NC(=O)CCC(=O)O)C1CCCCC1)C(=O)N[C@@H](CCC(=O)O)C(=O)N[C@@H](CS)C(=O)O. The van der Waals surface area contributed by atoms with Gasteiger partial charge in [-0.2, -0.15) is 12.6 Å². The van der Waals surface area contributed by atoms with Gasteiger partial charge in [0.1, 0.15) is 24.2 Å². The lowest BCUT2D eigenvalue weighted by atomic mass is 9.83. The predicted molar refractivity (Wildman–Crippen MR) is 144 cm³/mol. The highest BCUT2D eigenvalue weighted by molar-refractivity contribution is 7.80. The smallest absolute Gasteiger partial charge is 0.327 e. The minimum absolute atomic E-state index is 0.221. The Morgan fingerprint density at radius 2 is 1.30 bits per heavy atom. The predicted octanol–water partition coefficient (Wildman–Crippen LogP) is -0.0941. The van der Waals surface area contributed by atoms with Gasteiger partial charge in [-0.1, -0.05) is 33.1 Å². The molecule has 4 amide bonds. The third-order valence-corrected chi connectivity index (χ3v) is 6.98. The number of amides is 4. The van der Waals surface area contributed by atoms with E-state index in [0.29, 0.717) is 12.8 Å². The highest BCUT2D eigenvalue weighted by Gasteiger charge is 2.35. The van der Waals surface area contributed by atoms with Crippen LogP contribution in [0.3, 0.4) is 0 Å². The minimum Gasteiger partial charge on any atom is -0.481 e. The molecule has 0 radical (unpaired) electrons. The van der Waals surface area contributed by atoms with Crippen molar-refractivity contribution in [2.75, 3.05) is 5.75 Å². The molecule has 0 aromatic rings.